The van der Waals surface area contributed by atoms with Crippen molar-refractivity contribution in [3.05, 3.63) is 35.8 Å². The van der Waals surface area contributed by atoms with Crippen molar-refractivity contribution in [2.45, 2.75) is 32.5 Å². The first-order valence-electron chi connectivity index (χ1n) is 6.93. The van der Waals surface area contributed by atoms with Crippen molar-refractivity contribution < 1.29 is 13.9 Å². The number of hydrogen-bond donors (Lipinski definition) is 0. The van der Waals surface area contributed by atoms with Crippen LogP contribution in [-0.2, 0) is 29.1 Å². The zero-order valence-electron chi connectivity index (χ0n) is 12.2. The Bertz CT molecular complexity index is 620. The van der Waals surface area contributed by atoms with E-state index in [0.29, 0.717) is 25.5 Å². The highest BCUT2D eigenvalue weighted by molar-refractivity contribution is 5.78. The van der Waals surface area contributed by atoms with Crippen LogP contribution in [0.25, 0.3) is 0 Å². The quantitative estimate of drug-likeness (QED) is 0.845. The first kappa shape index (κ1) is 13.8. The molecule has 1 aliphatic heterocycles. The highest BCUT2D eigenvalue weighted by Crippen LogP contribution is 2.25. The van der Waals surface area contributed by atoms with Gasteiger partial charge in [-0.1, -0.05) is 0 Å². The monoisotopic (exact) mass is 290 g/mol. The van der Waals surface area contributed by atoms with E-state index in [1.807, 2.05) is 22.5 Å². The van der Waals surface area contributed by atoms with E-state index in [2.05, 4.69) is 10.2 Å². The molecule has 1 amide bonds. The van der Waals surface area contributed by atoms with Crippen LogP contribution in [0.1, 0.15) is 30.4 Å². The number of aromatic nitrogens is 3. The van der Waals surface area contributed by atoms with Crippen molar-refractivity contribution in [3.8, 4) is 0 Å². The lowest BCUT2D eigenvalue weighted by atomic mass is 10.1. The standard InChI is InChI=1S/C14H18N4O3/c1-10-14-16-15-12(9-20-2)18(14)6-5-17(10)13(19)8-11-4-3-7-21-11/h3-4,7,10H,5-6,8-9H2,1-2H3/t10-/m1/s1. The molecule has 0 aliphatic carbocycles. The third kappa shape index (κ3) is 2.56. The Morgan fingerprint density at radius 1 is 1.48 bits per heavy atom. The molecule has 0 saturated carbocycles. The van der Waals surface area contributed by atoms with Gasteiger partial charge >= 0.3 is 0 Å². The number of carbonyl (C=O) groups excluding carboxylic acids is 1. The molecule has 0 aromatic carbocycles. The SMILES string of the molecule is COCc1nnc2n1CCN(C(=O)Cc1ccco1)[C@@H]2C. The predicted molar refractivity (Wildman–Crippen MR) is 73.3 cm³/mol. The van der Waals surface area contributed by atoms with Gasteiger partial charge < -0.3 is 18.6 Å². The third-order valence-corrected chi connectivity index (χ3v) is 3.76. The fourth-order valence-corrected chi connectivity index (χ4v) is 2.68. The molecule has 3 rings (SSSR count). The molecule has 0 N–H and O–H groups in total. The number of amides is 1. The molecule has 7 heteroatoms. The minimum absolute atomic E-state index is 0.0417. The summed E-state index contributed by atoms with van der Waals surface area (Å²) in [5, 5.41) is 8.34. The molecule has 21 heavy (non-hydrogen) atoms. The second kappa shape index (κ2) is 5.69. The van der Waals surface area contributed by atoms with Gasteiger partial charge in [0.2, 0.25) is 5.91 Å². The summed E-state index contributed by atoms with van der Waals surface area (Å²) in [6.45, 7) is 3.73. The molecule has 0 unspecified atom stereocenters. The van der Waals surface area contributed by atoms with E-state index in [1.54, 1.807) is 19.4 Å². The largest absolute Gasteiger partial charge is 0.469 e. The van der Waals surface area contributed by atoms with Gasteiger partial charge in [-0.05, 0) is 19.1 Å². The Labute approximate surface area is 122 Å². The highest BCUT2D eigenvalue weighted by atomic mass is 16.5. The molecule has 0 saturated heterocycles. The summed E-state index contributed by atoms with van der Waals surface area (Å²) in [4.78, 5) is 14.2. The zero-order valence-corrected chi connectivity index (χ0v) is 12.2. The summed E-state index contributed by atoms with van der Waals surface area (Å²) in [6, 6.07) is 3.50. The van der Waals surface area contributed by atoms with Crippen LogP contribution in [0, 0.1) is 0 Å². The molecule has 1 aliphatic rings. The van der Waals surface area contributed by atoms with Crippen LogP contribution < -0.4 is 0 Å². The number of furan rings is 1. The lowest BCUT2D eigenvalue weighted by Gasteiger charge is -2.33. The average molecular weight is 290 g/mol. The number of rotatable bonds is 4. The van der Waals surface area contributed by atoms with E-state index in [4.69, 9.17) is 9.15 Å². The minimum atomic E-state index is -0.0979. The van der Waals surface area contributed by atoms with Crippen LogP contribution in [0.5, 0.6) is 0 Å². The van der Waals surface area contributed by atoms with Crippen molar-refractivity contribution in [2.24, 2.45) is 0 Å². The number of ether oxygens (including phenoxy) is 1. The molecule has 0 bridgehead atoms. The molecule has 112 valence electrons. The maximum Gasteiger partial charge on any atom is 0.230 e. The van der Waals surface area contributed by atoms with Gasteiger partial charge in [-0.15, -0.1) is 10.2 Å². The first-order valence-corrected chi connectivity index (χ1v) is 6.93. The van der Waals surface area contributed by atoms with Gasteiger partial charge in [0.25, 0.3) is 0 Å². The molecular formula is C14H18N4O3. The van der Waals surface area contributed by atoms with E-state index >= 15 is 0 Å². The van der Waals surface area contributed by atoms with Crippen molar-refractivity contribution in [3.63, 3.8) is 0 Å². The van der Waals surface area contributed by atoms with Crippen LogP contribution in [-0.4, -0.2) is 39.2 Å². The van der Waals surface area contributed by atoms with Gasteiger partial charge in [0.15, 0.2) is 11.6 Å². The van der Waals surface area contributed by atoms with Gasteiger partial charge in [-0.2, -0.15) is 0 Å². The Morgan fingerprint density at radius 3 is 3.05 bits per heavy atom. The number of fused-ring (bicyclic) bond motifs is 1. The summed E-state index contributed by atoms with van der Waals surface area (Å²) in [6.07, 6.45) is 1.85. The van der Waals surface area contributed by atoms with Crippen molar-refractivity contribution in [1.82, 2.24) is 19.7 Å². The second-order valence-corrected chi connectivity index (χ2v) is 5.08. The summed E-state index contributed by atoms with van der Waals surface area (Å²) in [7, 11) is 1.63. The number of hydrogen-bond acceptors (Lipinski definition) is 5. The van der Waals surface area contributed by atoms with Gasteiger partial charge in [0.1, 0.15) is 12.4 Å². The molecule has 0 spiro atoms. The van der Waals surface area contributed by atoms with Crippen LogP contribution in [0.3, 0.4) is 0 Å². The van der Waals surface area contributed by atoms with Crippen LogP contribution in [0.4, 0.5) is 0 Å². The minimum Gasteiger partial charge on any atom is -0.469 e. The third-order valence-electron chi connectivity index (χ3n) is 3.76. The van der Waals surface area contributed by atoms with Crippen molar-refractivity contribution in [1.29, 1.82) is 0 Å². The topological polar surface area (TPSA) is 73.4 Å². The Balaban J connectivity index is 1.76. The molecule has 7 nitrogen and oxygen atoms in total. The summed E-state index contributed by atoms with van der Waals surface area (Å²) in [5.41, 5.74) is 0. The number of carbonyl (C=O) groups is 1. The van der Waals surface area contributed by atoms with Crippen LogP contribution in [0.15, 0.2) is 22.8 Å². The van der Waals surface area contributed by atoms with Gasteiger partial charge in [-0.3, -0.25) is 4.79 Å². The van der Waals surface area contributed by atoms with Crippen molar-refractivity contribution in [2.75, 3.05) is 13.7 Å². The molecule has 2 aromatic heterocycles. The van der Waals surface area contributed by atoms with E-state index in [0.717, 1.165) is 11.6 Å². The fraction of sp³-hybridized carbons (Fsp3) is 0.500. The average Bonchev–Trinajstić information content (AvgIpc) is 3.10. The molecule has 2 aromatic rings. The normalized spacial score (nSPS) is 17.8. The summed E-state index contributed by atoms with van der Waals surface area (Å²) < 4.78 is 12.4. The lowest BCUT2D eigenvalue weighted by Crippen LogP contribution is -2.42. The summed E-state index contributed by atoms with van der Waals surface area (Å²) >= 11 is 0. The maximum absolute atomic E-state index is 12.4. The van der Waals surface area contributed by atoms with Gasteiger partial charge in [0, 0.05) is 20.2 Å². The molecule has 0 fully saturated rings. The highest BCUT2D eigenvalue weighted by Gasteiger charge is 2.31. The van der Waals surface area contributed by atoms with Gasteiger partial charge in [0.05, 0.1) is 18.7 Å². The first-order chi connectivity index (χ1) is 10.2. The molecule has 3 heterocycles. The van der Waals surface area contributed by atoms with Crippen LogP contribution >= 0.6 is 0 Å². The van der Waals surface area contributed by atoms with E-state index in [-0.39, 0.29) is 18.4 Å². The van der Waals surface area contributed by atoms with E-state index in [9.17, 15) is 4.79 Å². The lowest BCUT2D eigenvalue weighted by molar-refractivity contribution is -0.134. The second-order valence-electron chi connectivity index (χ2n) is 5.08. The smallest absolute Gasteiger partial charge is 0.230 e. The Morgan fingerprint density at radius 2 is 2.33 bits per heavy atom. The Kier molecular flexibility index (Phi) is 3.74. The molecular weight excluding hydrogens is 272 g/mol. The Hall–Kier alpha value is -2.15. The van der Waals surface area contributed by atoms with E-state index in [1.165, 1.54) is 0 Å². The number of nitrogens with zero attached hydrogens (tertiary/aromatic N) is 4. The summed E-state index contributed by atoms with van der Waals surface area (Å²) in [5.74, 6) is 2.33. The van der Waals surface area contributed by atoms with Gasteiger partial charge in [-0.25, -0.2) is 0 Å². The van der Waals surface area contributed by atoms with E-state index < -0.39 is 0 Å². The predicted octanol–water partition coefficient (Wildman–Crippen LogP) is 1.16. The zero-order chi connectivity index (χ0) is 14.8. The number of methoxy groups -OCH3 is 1. The molecule has 0 radical (unpaired) electrons. The van der Waals surface area contributed by atoms with Crippen molar-refractivity contribution >= 4 is 5.91 Å². The van der Waals surface area contributed by atoms with Crippen LogP contribution in [0.2, 0.25) is 0 Å². The maximum atomic E-state index is 12.4. The molecule has 1 atom stereocenters. The fourth-order valence-electron chi connectivity index (χ4n) is 2.68.